The molecule has 2 rings (SSSR count). The fourth-order valence-corrected chi connectivity index (χ4v) is 2.68. The van der Waals surface area contributed by atoms with E-state index in [0.717, 1.165) is 20.1 Å². The average molecular weight is 370 g/mol. The lowest BCUT2D eigenvalue weighted by Crippen LogP contribution is -2.26. The number of hydrogen-bond acceptors (Lipinski definition) is 2. The van der Waals surface area contributed by atoms with E-state index in [-0.39, 0.29) is 12.1 Å². The first-order chi connectivity index (χ1) is 8.58. The maximum absolute atomic E-state index is 6.23. The summed E-state index contributed by atoms with van der Waals surface area (Å²) in [5.74, 6) is 0. The van der Waals surface area contributed by atoms with Crippen molar-refractivity contribution < 1.29 is 0 Å². The highest BCUT2D eigenvalue weighted by molar-refractivity contribution is 9.10. The molecule has 2 nitrogen and oxygen atoms in total. The molecule has 0 unspecified atom stereocenters. The second-order valence-corrected chi connectivity index (χ2v) is 5.99. The zero-order chi connectivity index (χ0) is 13.1. The van der Waals surface area contributed by atoms with Gasteiger partial charge in [-0.25, -0.2) is 0 Å². The van der Waals surface area contributed by atoms with Crippen molar-refractivity contribution in [3.05, 3.63) is 68.6 Å². The molecule has 2 atom stereocenters. The van der Waals surface area contributed by atoms with Gasteiger partial charge in [-0.1, -0.05) is 56.1 Å². The van der Waals surface area contributed by atoms with Crippen LogP contribution < -0.4 is 11.5 Å². The highest BCUT2D eigenvalue weighted by Gasteiger charge is 2.17. The molecule has 0 saturated heterocycles. The Morgan fingerprint density at radius 3 is 1.44 bits per heavy atom. The predicted octanol–water partition coefficient (Wildman–Crippen LogP) is 3.91. The van der Waals surface area contributed by atoms with Gasteiger partial charge >= 0.3 is 0 Å². The predicted molar refractivity (Wildman–Crippen MR) is 82.1 cm³/mol. The summed E-state index contributed by atoms with van der Waals surface area (Å²) in [5, 5.41) is 0. The van der Waals surface area contributed by atoms with Gasteiger partial charge < -0.3 is 11.5 Å². The summed E-state index contributed by atoms with van der Waals surface area (Å²) in [6, 6.07) is 15.4. The van der Waals surface area contributed by atoms with Crippen molar-refractivity contribution in [2.75, 3.05) is 0 Å². The third kappa shape index (κ3) is 3.20. The number of benzene rings is 2. The summed E-state index contributed by atoms with van der Waals surface area (Å²) >= 11 is 6.89. The van der Waals surface area contributed by atoms with E-state index < -0.39 is 0 Å². The molecule has 0 aliphatic carbocycles. The van der Waals surface area contributed by atoms with E-state index in [1.807, 2.05) is 48.5 Å². The minimum absolute atomic E-state index is 0.225. The Bertz CT molecular complexity index is 493. The summed E-state index contributed by atoms with van der Waals surface area (Å²) in [5.41, 5.74) is 14.5. The molecule has 0 amide bonds. The zero-order valence-corrected chi connectivity index (χ0v) is 12.9. The summed E-state index contributed by atoms with van der Waals surface area (Å²) in [6.07, 6.45) is 0. The third-order valence-electron chi connectivity index (χ3n) is 2.85. The van der Waals surface area contributed by atoms with Crippen molar-refractivity contribution in [2.45, 2.75) is 12.1 Å². The maximum atomic E-state index is 6.23. The molecule has 4 heteroatoms. The van der Waals surface area contributed by atoms with Crippen LogP contribution in [0.15, 0.2) is 57.5 Å². The van der Waals surface area contributed by atoms with Crippen LogP contribution in [0.3, 0.4) is 0 Å². The van der Waals surface area contributed by atoms with Gasteiger partial charge in [0.1, 0.15) is 0 Å². The molecule has 4 N–H and O–H groups in total. The monoisotopic (exact) mass is 368 g/mol. The van der Waals surface area contributed by atoms with Gasteiger partial charge in [-0.05, 0) is 35.4 Å². The molecule has 0 radical (unpaired) electrons. The molecule has 0 fully saturated rings. The quantitative estimate of drug-likeness (QED) is 0.861. The average Bonchev–Trinajstić information content (AvgIpc) is 2.37. The van der Waals surface area contributed by atoms with Crippen LogP contribution in [0, 0.1) is 0 Å². The maximum Gasteiger partial charge on any atom is 0.0491 e. The molecule has 0 saturated carbocycles. The van der Waals surface area contributed by atoms with Crippen LogP contribution >= 0.6 is 31.9 Å². The highest BCUT2D eigenvalue weighted by Crippen LogP contribution is 2.27. The Kier molecular flexibility index (Phi) is 4.56. The minimum Gasteiger partial charge on any atom is -0.322 e. The minimum atomic E-state index is -0.225. The van der Waals surface area contributed by atoms with Crippen molar-refractivity contribution in [3.8, 4) is 0 Å². The Hall–Kier alpha value is -0.680. The number of rotatable bonds is 3. The van der Waals surface area contributed by atoms with Crippen molar-refractivity contribution in [1.82, 2.24) is 0 Å². The molecular formula is C14H14Br2N2. The third-order valence-corrected chi connectivity index (χ3v) is 3.84. The Morgan fingerprint density at radius 1 is 0.722 bits per heavy atom. The molecular weight excluding hydrogens is 356 g/mol. The number of hydrogen-bond donors (Lipinski definition) is 2. The van der Waals surface area contributed by atoms with Crippen LogP contribution in [0.4, 0.5) is 0 Å². The van der Waals surface area contributed by atoms with Crippen LogP contribution in [0.5, 0.6) is 0 Å². The van der Waals surface area contributed by atoms with Gasteiger partial charge in [0.2, 0.25) is 0 Å². The van der Waals surface area contributed by atoms with Crippen LogP contribution in [0.2, 0.25) is 0 Å². The molecule has 0 spiro atoms. The van der Waals surface area contributed by atoms with Crippen molar-refractivity contribution in [1.29, 1.82) is 0 Å². The Balaban J connectivity index is 2.26. The summed E-state index contributed by atoms with van der Waals surface area (Å²) < 4.78 is 2.02. The smallest absolute Gasteiger partial charge is 0.0491 e. The number of halogens is 2. The van der Waals surface area contributed by atoms with E-state index in [4.69, 9.17) is 11.5 Å². The molecule has 0 aromatic heterocycles. The van der Waals surface area contributed by atoms with Crippen LogP contribution in [0.1, 0.15) is 23.2 Å². The molecule has 0 bridgehead atoms. The first-order valence-electron chi connectivity index (χ1n) is 5.60. The van der Waals surface area contributed by atoms with Gasteiger partial charge in [0, 0.05) is 21.0 Å². The lowest BCUT2D eigenvalue weighted by molar-refractivity contribution is 0.574. The second kappa shape index (κ2) is 5.97. The van der Waals surface area contributed by atoms with Gasteiger partial charge in [0.15, 0.2) is 0 Å². The van der Waals surface area contributed by atoms with E-state index in [9.17, 15) is 0 Å². The molecule has 94 valence electrons. The van der Waals surface area contributed by atoms with Crippen molar-refractivity contribution in [2.24, 2.45) is 11.5 Å². The van der Waals surface area contributed by atoms with E-state index >= 15 is 0 Å². The highest BCUT2D eigenvalue weighted by atomic mass is 79.9. The van der Waals surface area contributed by atoms with Gasteiger partial charge in [-0.2, -0.15) is 0 Å². The standard InChI is InChI=1S/C14H14Br2N2/c15-11-5-1-3-9(7-11)13(17)14(18)10-4-2-6-12(16)8-10/h1-8,13-14H,17-18H2/t13-,14+. The van der Waals surface area contributed by atoms with Crippen LogP contribution in [-0.2, 0) is 0 Å². The first kappa shape index (κ1) is 13.7. The van der Waals surface area contributed by atoms with Crippen LogP contribution in [-0.4, -0.2) is 0 Å². The topological polar surface area (TPSA) is 52.0 Å². The molecule has 0 aliphatic rings. The molecule has 2 aromatic carbocycles. The van der Waals surface area contributed by atoms with Crippen molar-refractivity contribution >= 4 is 31.9 Å². The fraction of sp³-hybridized carbons (Fsp3) is 0.143. The summed E-state index contributed by atoms with van der Waals surface area (Å²) in [4.78, 5) is 0. The van der Waals surface area contributed by atoms with E-state index in [1.165, 1.54) is 0 Å². The van der Waals surface area contributed by atoms with Gasteiger partial charge in [0.25, 0.3) is 0 Å². The lowest BCUT2D eigenvalue weighted by Gasteiger charge is -2.21. The van der Waals surface area contributed by atoms with E-state index in [1.54, 1.807) is 0 Å². The summed E-state index contributed by atoms with van der Waals surface area (Å²) in [6.45, 7) is 0. The molecule has 0 heterocycles. The van der Waals surface area contributed by atoms with E-state index in [2.05, 4.69) is 31.9 Å². The fourth-order valence-electron chi connectivity index (χ4n) is 1.84. The van der Waals surface area contributed by atoms with Crippen molar-refractivity contribution in [3.63, 3.8) is 0 Å². The van der Waals surface area contributed by atoms with E-state index in [0.29, 0.717) is 0 Å². The van der Waals surface area contributed by atoms with Gasteiger partial charge in [-0.15, -0.1) is 0 Å². The molecule has 2 aromatic rings. The Labute approximate surface area is 124 Å². The zero-order valence-electron chi connectivity index (χ0n) is 9.68. The van der Waals surface area contributed by atoms with Crippen LogP contribution in [0.25, 0.3) is 0 Å². The summed E-state index contributed by atoms with van der Waals surface area (Å²) in [7, 11) is 0. The van der Waals surface area contributed by atoms with Gasteiger partial charge in [0.05, 0.1) is 0 Å². The molecule has 18 heavy (non-hydrogen) atoms. The SMILES string of the molecule is N[C@H](c1cccc(Br)c1)[C@@H](N)c1cccc(Br)c1. The molecule has 0 aliphatic heterocycles. The largest absolute Gasteiger partial charge is 0.322 e. The Morgan fingerprint density at radius 2 is 1.11 bits per heavy atom. The normalized spacial score (nSPS) is 14.2. The lowest BCUT2D eigenvalue weighted by atomic mass is 9.95. The first-order valence-corrected chi connectivity index (χ1v) is 7.18. The van der Waals surface area contributed by atoms with Gasteiger partial charge in [-0.3, -0.25) is 0 Å². The number of nitrogens with two attached hydrogens (primary N) is 2. The second-order valence-electron chi connectivity index (χ2n) is 4.16.